The van der Waals surface area contributed by atoms with Crippen molar-refractivity contribution in [2.45, 2.75) is 71.1 Å². The van der Waals surface area contributed by atoms with E-state index in [0.717, 1.165) is 18.4 Å². The van der Waals surface area contributed by atoms with Gasteiger partial charge in [0.15, 0.2) is 0 Å². The number of esters is 1. The molecule has 2 heteroatoms. The Hall–Kier alpha value is -1.57. The Morgan fingerprint density at radius 2 is 1.43 bits per heavy atom. The molecule has 0 aliphatic carbocycles. The fourth-order valence-electron chi connectivity index (χ4n) is 2.54. The van der Waals surface area contributed by atoms with Crippen LogP contribution in [-0.4, -0.2) is 12.6 Å². The molecule has 0 N–H and O–H groups in total. The van der Waals surface area contributed by atoms with Gasteiger partial charge in [-0.1, -0.05) is 95.0 Å². The molecule has 1 aromatic carbocycles. The van der Waals surface area contributed by atoms with E-state index >= 15 is 0 Å². The molecule has 0 saturated heterocycles. The van der Waals surface area contributed by atoms with E-state index in [-0.39, 0.29) is 5.97 Å². The Labute approximate surface area is 141 Å². The number of carbonyl (C=O) groups is 1. The van der Waals surface area contributed by atoms with Crippen LogP contribution >= 0.6 is 0 Å². The lowest BCUT2D eigenvalue weighted by molar-refractivity contribution is -0.137. The lowest BCUT2D eigenvalue weighted by Gasteiger charge is -2.03. The highest BCUT2D eigenvalue weighted by Crippen LogP contribution is 2.10. The van der Waals surface area contributed by atoms with Crippen LogP contribution in [-0.2, 0) is 9.53 Å². The molecular weight excluding hydrogens is 284 g/mol. The number of carbonyl (C=O) groups excluding carboxylic acids is 1. The maximum absolute atomic E-state index is 11.6. The molecule has 0 saturated carbocycles. The van der Waals surface area contributed by atoms with Crippen molar-refractivity contribution in [2.24, 2.45) is 0 Å². The molecule has 23 heavy (non-hydrogen) atoms. The van der Waals surface area contributed by atoms with E-state index in [4.69, 9.17) is 4.74 Å². The standard InChI is InChI=1S/C21H32O2/c1-2-3-4-5-6-7-8-9-10-14-19-23-21(22)18-17-20-15-12-11-13-16-20/h11-13,15-18H,2-10,14,19H2,1H3. The molecule has 0 radical (unpaired) electrons. The van der Waals surface area contributed by atoms with E-state index in [1.54, 1.807) is 6.08 Å². The smallest absolute Gasteiger partial charge is 0.330 e. The second kappa shape index (κ2) is 14.0. The molecule has 0 aromatic heterocycles. The minimum absolute atomic E-state index is 0.246. The fourth-order valence-corrected chi connectivity index (χ4v) is 2.54. The van der Waals surface area contributed by atoms with Crippen molar-refractivity contribution in [3.05, 3.63) is 42.0 Å². The monoisotopic (exact) mass is 316 g/mol. The number of hydrogen-bond acceptors (Lipinski definition) is 2. The van der Waals surface area contributed by atoms with Crippen molar-refractivity contribution in [3.8, 4) is 0 Å². The minimum Gasteiger partial charge on any atom is -0.463 e. The van der Waals surface area contributed by atoms with Crippen LogP contribution in [0.4, 0.5) is 0 Å². The van der Waals surface area contributed by atoms with Crippen molar-refractivity contribution in [1.82, 2.24) is 0 Å². The fraction of sp³-hybridized carbons (Fsp3) is 0.571. The molecule has 0 bridgehead atoms. The van der Waals surface area contributed by atoms with Crippen LogP contribution in [0.15, 0.2) is 36.4 Å². The summed E-state index contributed by atoms with van der Waals surface area (Å²) in [5.41, 5.74) is 1.02. The van der Waals surface area contributed by atoms with Crippen molar-refractivity contribution < 1.29 is 9.53 Å². The number of benzene rings is 1. The molecule has 128 valence electrons. The third kappa shape index (κ3) is 11.6. The number of hydrogen-bond donors (Lipinski definition) is 0. The van der Waals surface area contributed by atoms with Gasteiger partial charge in [-0.05, 0) is 18.1 Å². The van der Waals surface area contributed by atoms with Gasteiger partial charge in [0.2, 0.25) is 0 Å². The maximum Gasteiger partial charge on any atom is 0.330 e. The third-order valence-corrected chi connectivity index (χ3v) is 3.95. The van der Waals surface area contributed by atoms with Crippen molar-refractivity contribution in [1.29, 1.82) is 0 Å². The normalized spacial score (nSPS) is 11.0. The Kier molecular flexibility index (Phi) is 11.9. The second-order valence-corrected chi connectivity index (χ2v) is 6.09. The molecule has 0 unspecified atom stereocenters. The highest BCUT2D eigenvalue weighted by molar-refractivity contribution is 5.86. The van der Waals surface area contributed by atoms with Crippen LogP contribution < -0.4 is 0 Å². The van der Waals surface area contributed by atoms with E-state index in [1.165, 1.54) is 57.4 Å². The average Bonchev–Trinajstić information content (AvgIpc) is 2.59. The molecule has 0 fully saturated rings. The highest BCUT2D eigenvalue weighted by Gasteiger charge is 1.97. The molecular formula is C21H32O2. The molecule has 0 aliphatic rings. The van der Waals surface area contributed by atoms with Crippen molar-refractivity contribution in [2.75, 3.05) is 6.61 Å². The summed E-state index contributed by atoms with van der Waals surface area (Å²) in [6.45, 7) is 2.79. The number of unbranched alkanes of at least 4 members (excludes halogenated alkanes) is 9. The predicted octanol–water partition coefficient (Wildman–Crippen LogP) is 6.16. The Morgan fingerprint density at radius 1 is 0.870 bits per heavy atom. The topological polar surface area (TPSA) is 26.3 Å². The molecule has 1 aromatic rings. The summed E-state index contributed by atoms with van der Waals surface area (Å²) in [5.74, 6) is -0.246. The van der Waals surface area contributed by atoms with Gasteiger partial charge in [0.1, 0.15) is 0 Å². The van der Waals surface area contributed by atoms with E-state index in [2.05, 4.69) is 6.92 Å². The second-order valence-electron chi connectivity index (χ2n) is 6.09. The summed E-state index contributed by atoms with van der Waals surface area (Å²) >= 11 is 0. The van der Waals surface area contributed by atoms with Crippen LogP contribution in [0.5, 0.6) is 0 Å². The minimum atomic E-state index is -0.246. The molecule has 0 heterocycles. The van der Waals surface area contributed by atoms with Crippen LogP contribution in [0.1, 0.15) is 76.7 Å². The van der Waals surface area contributed by atoms with Gasteiger partial charge in [-0.2, -0.15) is 0 Å². The Balaban J connectivity index is 1.91. The molecule has 0 atom stereocenters. The summed E-state index contributed by atoms with van der Waals surface area (Å²) in [4.78, 5) is 11.6. The number of ether oxygens (including phenoxy) is 1. The molecule has 0 aliphatic heterocycles. The maximum atomic E-state index is 11.6. The molecule has 1 rings (SSSR count). The SMILES string of the molecule is CCCCCCCCCCCCOC(=O)C=Cc1ccccc1. The summed E-state index contributed by atoms with van der Waals surface area (Å²) < 4.78 is 5.21. The van der Waals surface area contributed by atoms with E-state index < -0.39 is 0 Å². The summed E-state index contributed by atoms with van der Waals surface area (Å²) in [7, 11) is 0. The predicted molar refractivity (Wildman–Crippen MR) is 98.3 cm³/mol. The first-order valence-electron chi connectivity index (χ1n) is 9.23. The van der Waals surface area contributed by atoms with Gasteiger partial charge in [-0.25, -0.2) is 4.79 Å². The third-order valence-electron chi connectivity index (χ3n) is 3.95. The molecule has 2 nitrogen and oxygen atoms in total. The van der Waals surface area contributed by atoms with Crippen molar-refractivity contribution in [3.63, 3.8) is 0 Å². The largest absolute Gasteiger partial charge is 0.463 e. The number of rotatable bonds is 13. The highest BCUT2D eigenvalue weighted by atomic mass is 16.5. The van der Waals surface area contributed by atoms with Crippen LogP contribution in [0.3, 0.4) is 0 Å². The quantitative estimate of drug-likeness (QED) is 0.247. The Bertz CT molecular complexity index is 423. The molecule has 0 spiro atoms. The van der Waals surface area contributed by atoms with E-state index in [0.29, 0.717) is 6.61 Å². The zero-order valence-electron chi connectivity index (χ0n) is 14.6. The Morgan fingerprint density at radius 3 is 2.04 bits per heavy atom. The first kappa shape index (κ1) is 19.5. The van der Waals surface area contributed by atoms with Gasteiger partial charge in [0, 0.05) is 6.08 Å². The lowest BCUT2D eigenvalue weighted by atomic mass is 10.1. The summed E-state index contributed by atoms with van der Waals surface area (Å²) in [6.07, 6.45) is 16.2. The first-order chi connectivity index (χ1) is 11.3. The first-order valence-corrected chi connectivity index (χ1v) is 9.23. The van der Waals surface area contributed by atoms with Crippen LogP contribution in [0, 0.1) is 0 Å². The van der Waals surface area contributed by atoms with Gasteiger partial charge < -0.3 is 4.74 Å². The average molecular weight is 316 g/mol. The molecule has 0 amide bonds. The van der Waals surface area contributed by atoms with Gasteiger partial charge in [0.25, 0.3) is 0 Å². The summed E-state index contributed by atoms with van der Waals surface area (Å²) in [6, 6.07) is 9.79. The van der Waals surface area contributed by atoms with Crippen molar-refractivity contribution >= 4 is 12.0 Å². The lowest BCUT2D eigenvalue weighted by Crippen LogP contribution is -2.02. The van der Waals surface area contributed by atoms with Crippen LogP contribution in [0.2, 0.25) is 0 Å². The van der Waals surface area contributed by atoms with Crippen LogP contribution in [0.25, 0.3) is 6.08 Å². The van der Waals surface area contributed by atoms with Gasteiger partial charge in [-0.15, -0.1) is 0 Å². The zero-order valence-corrected chi connectivity index (χ0v) is 14.6. The summed E-state index contributed by atoms with van der Waals surface area (Å²) in [5, 5.41) is 0. The van der Waals surface area contributed by atoms with Gasteiger partial charge >= 0.3 is 5.97 Å². The van der Waals surface area contributed by atoms with Gasteiger partial charge in [-0.3, -0.25) is 0 Å². The van der Waals surface area contributed by atoms with Gasteiger partial charge in [0.05, 0.1) is 6.61 Å². The van der Waals surface area contributed by atoms with E-state index in [9.17, 15) is 4.79 Å². The van der Waals surface area contributed by atoms with E-state index in [1.807, 2.05) is 30.3 Å². The zero-order chi connectivity index (χ0) is 16.6.